The van der Waals surface area contributed by atoms with Gasteiger partial charge >= 0.3 is 17.9 Å². The molecule has 0 aliphatic heterocycles. The van der Waals surface area contributed by atoms with E-state index in [4.69, 9.17) is 14.2 Å². The molecular weight excluding hydrogens is 877 g/mol. The Balaban J connectivity index is 4.39. The van der Waals surface area contributed by atoms with E-state index >= 15 is 0 Å². The largest absolute Gasteiger partial charge is 0.462 e. The summed E-state index contributed by atoms with van der Waals surface area (Å²) in [6.07, 6.45) is 76.2. The van der Waals surface area contributed by atoms with Crippen molar-refractivity contribution in [2.75, 3.05) is 13.2 Å². The van der Waals surface area contributed by atoms with E-state index < -0.39 is 6.10 Å². The van der Waals surface area contributed by atoms with Gasteiger partial charge in [-0.05, 0) is 109 Å². The van der Waals surface area contributed by atoms with Crippen LogP contribution in [-0.4, -0.2) is 37.2 Å². The van der Waals surface area contributed by atoms with Gasteiger partial charge in [-0.1, -0.05) is 248 Å². The van der Waals surface area contributed by atoms with Gasteiger partial charge in [0.25, 0.3) is 0 Å². The molecule has 0 aliphatic rings. The first-order valence-corrected chi connectivity index (χ1v) is 30.4. The zero-order valence-electron chi connectivity index (χ0n) is 47.0. The lowest BCUT2D eigenvalue weighted by atomic mass is 10.1. The Morgan fingerprint density at radius 1 is 0.296 bits per heavy atom. The van der Waals surface area contributed by atoms with Crippen LogP contribution in [-0.2, 0) is 28.6 Å². The number of ether oxygens (including phenoxy) is 3. The van der Waals surface area contributed by atoms with Gasteiger partial charge in [-0.25, -0.2) is 0 Å². The van der Waals surface area contributed by atoms with Gasteiger partial charge in [-0.2, -0.15) is 0 Å². The summed E-state index contributed by atoms with van der Waals surface area (Å²) < 4.78 is 16.9. The minimum Gasteiger partial charge on any atom is -0.462 e. The highest BCUT2D eigenvalue weighted by Crippen LogP contribution is 2.16. The van der Waals surface area contributed by atoms with Gasteiger partial charge in [0.1, 0.15) is 13.2 Å². The molecule has 410 valence electrons. The molecule has 0 N–H and O–H groups in total. The van der Waals surface area contributed by atoms with E-state index in [0.717, 1.165) is 83.5 Å². The summed E-state index contributed by atoms with van der Waals surface area (Å²) in [7, 11) is 0. The second-order valence-electron chi connectivity index (χ2n) is 20.2. The summed E-state index contributed by atoms with van der Waals surface area (Å²) in [5, 5.41) is 0. The molecule has 0 radical (unpaired) electrons. The molecule has 0 rings (SSSR count). The molecule has 6 heteroatoms. The average molecular weight is 992 g/mol. The third-order valence-corrected chi connectivity index (χ3v) is 13.2. The van der Waals surface area contributed by atoms with Crippen LogP contribution in [0.5, 0.6) is 0 Å². The highest BCUT2D eigenvalue weighted by atomic mass is 16.6. The predicted octanol–water partition coefficient (Wildman–Crippen LogP) is 20.5. The average Bonchev–Trinajstić information content (AvgIpc) is 3.37. The Morgan fingerprint density at radius 3 is 0.901 bits per heavy atom. The fourth-order valence-electron chi connectivity index (χ4n) is 8.60. The number of allylic oxidation sites excluding steroid dienone is 12. The Morgan fingerprint density at radius 2 is 0.549 bits per heavy atom. The van der Waals surface area contributed by atoms with Crippen LogP contribution < -0.4 is 0 Å². The quantitative estimate of drug-likeness (QED) is 0.0261. The van der Waals surface area contributed by atoms with Crippen molar-refractivity contribution >= 4 is 17.9 Å². The van der Waals surface area contributed by atoms with Gasteiger partial charge in [-0.15, -0.1) is 0 Å². The van der Waals surface area contributed by atoms with E-state index in [1.54, 1.807) is 0 Å². The fourth-order valence-corrected chi connectivity index (χ4v) is 8.60. The molecule has 0 bridgehead atoms. The lowest BCUT2D eigenvalue weighted by Crippen LogP contribution is -2.30. The third-order valence-electron chi connectivity index (χ3n) is 13.2. The van der Waals surface area contributed by atoms with Crippen LogP contribution in [0, 0.1) is 0 Å². The molecular formula is C65H114O6. The van der Waals surface area contributed by atoms with Crippen LogP contribution in [0.3, 0.4) is 0 Å². The van der Waals surface area contributed by atoms with Crippen molar-refractivity contribution in [3.05, 3.63) is 72.9 Å². The van der Waals surface area contributed by atoms with Crippen LogP contribution in [0.1, 0.15) is 303 Å². The van der Waals surface area contributed by atoms with E-state index in [9.17, 15) is 14.4 Å². The van der Waals surface area contributed by atoms with Gasteiger partial charge in [0, 0.05) is 19.3 Å². The molecule has 0 aliphatic carbocycles. The third kappa shape index (κ3) is 57.6. The lowest BCUT2D eigenvalue weighted by molar-refractivity contribution is -0.167. The molecule has 0 spiro atoms. The molecule has 0 aromatic carbocycles. The topological polar surface area (TPSA) is 78.9 Å². The predicted molar refractivity (Wildman–Crippen MR) is 307 cm³/mol. The molecule has 0 aromatic rings. The summed E-state index contributed by atoms with van der Waals surface area (Å²) in [4.78, 5) is 38.2. The maximum atomic E-state index is 12.9. The number of unbranched alkanes of at least 4 members (excludes halogenated alkanes) is 32. The van der Waals surface area contributed by atoms with E-state index in [-0.39, 0.29) is 31.1 Å². The van der Waals surface area contributed by atoms with Crippen molar-refractivity contribution in [3.63, 3.8) is 0 Å². The van der Waals surface area contributed by atoms with Crippen molar-refractivity contribution in [2.45, 2.75) is 309 Å². The fraction of sp³-hybridized carbons (Fsp3) is 0.769. The van der Waals surface area contributed by atoms with Crippen molar-refractivity contribution in [1.29, 1.82) is 0 Å². The summed E-state index contributed by atoms with van der Waals surface area (Å²) >= 11 is 0. The van der Waals surface area contributed by atoms with E-state index in [0.29, 0.717) is 19.3 Å². The number of hydrogen-bond acceptors (Lipinski definition) is 6. The number of esters is 3. The summed E-state index contributed by atoms with van der Waals surface area (Å²) in [6.45, 7) is 6.51. The van der Waals surface area contributed by atoms with Crippen LogP contribution in [0.15, 0.2) is 72.9 Å². The number of rotatable bonds is 55. The molecule has 1 atom stereocenters. The highest BCUT2D eigenvalue weighted by molar-refractivity contribution is 5.71. The molecule has 1 unspecified atom stereocenters. The van der Waals surface area contributed by atoms with Crippen LogP contribution in [0.25, 0.3) is 0 Å². The van der Waals surface area contributed by atoms with Crippen molar-refractivity contribution in [2.24, 2.45) is 0 Å². The molecule has 0 heterocycles. The second kappa shape index (κ2) is 59.4. The molecule has 6 nitrogen and oxygen atoms in total. The normalized spacial score (nSPS) is 12.5. The summed E-state index contributed by atoms with van der Waals surface area (Å²) in [6, 6.07) is 0. The molecule has 0 aromatic heterocycles. The first-order valence-electron chi connectivity index (χ1n) is 30.4. The number of hydrogen-bond donors (Lipinski definition) is 0. The second-order valence-corrected chi connectivity index (χ2v) is 20.2. The van der Waals surface area contributed by atoms with E-state index in [1.807, 2.05) is 0 Å². The molecule has 0 saturated carbocycles. The molecule has 71 heavy (non-hydrogen) atoms. The van der Waals surface area contributed by atoms with Crippen LogP contribution in [0.2, 0.25) is 0 Å². The Hall–Kier alpha value is -3.15. The maximum Gasteiger partial charge on any atom is 0.306 e. The summed E-state index contributed by atoms with van der Waals surface area (Å²) in [5.41, 5.74) is 0. The van der Waals surface area contributed by atoms with Gasteiger partial charge in [0.15, 0.2) is 6.10 Å². The Labute approximate surface area is 440 Å². The zero-order chi connectivity index (χ0) is 51.4. The van der Waals surface area contributed by atoms with E-state index in [2.05, 4.69) is 93.7 Å². The lowest BCUT2D eigenvalue weighted by Gasteiger charge is -2.18. The zero-order valence-corrected chi connectivity index (χ0v) is 47.0. The molecule has 0 amide bonds. The molecule has 0 fully saturated rings. The highest BCUT2D eigenvalue weighted by Gasteiger charge is 2.19. The molecule has 0 saturated heterocycles. The SMILES string of the molecule is CC/C=C\C/C=C\C/C=C\C/C=C\CCCCC(=O)OCC(COC(=O)CCCCCCCCCCC/C=C\CCCCCCCCCC)OC(=O)CCCCCCCCC/C=C\CCCCCCCC. The number of carbonyl (C=O) groups excluding carboxylic acids is 3. The van der Waals surface area contributed by atoms with Gasteiger partial charge in [0.2, 0.25) is 0 Å². The maximum absolute atomic E-state index is 12.9. The smallest absolute Gasteiger partial charge is 0.306 e. The standard InChI is InChI=1S/C65H114O6/c1-4-7-10-13-16-19-22-25-28-30-31-32-33-35-37-40-43-46-49-52-55-58-64(67)70-61-62(60-69-63(66)57-54-51-48-45-42-39-36-27-24-21-18-15-12-9-6-3)71-65(68)59-56-53-50-47-44-41-38-34-29-26-23-20-17-14-11-8-5-2/h9,12,18,21,26-27,29-31,36,42,45,62H,4-8,10-11,13-17,19-20,22-25,28,32-35,37-41,43-44,46-61H2,1-3H3/b12-9-,21-18-,29-26-,31-30-,36-27-,45-42-. The first-order chi connectivity index (χ1) is 35.0. The minimum atomic E-state index is -0.796. The first kappa shape index (κ1) is 67.8. The number of carbonyl (C=O) groups is 3. The van der Waals surface area contributed by atoms with Gasteiger partial charge in [0.05, 0.1) is 0 Å². The minimum absolute atomic E-state index is 0.0903. The Bertz CT molecular complexity index is 1320. The summed E-state index contributed by atoms with van der Waals surface area (Å²) in [5.74, 6) is -0.929. The van der Waals surface area contributed by atoms with Gasteiger partial charge < -0.3 is 14.2 Å². The Kier molecular flexibility index (Phi) is 56.8. The monoisotopic (exact) mass is 991 g/mol. The van der Waals surface area contributed by atoms with Crippen molar-refractivity contribution in [3.8, 4) is 0 Å². The van der Waals surface area contributed by atoms with Crippen molar-refractivity contribution in [1.82, 2.24) is 0 Å². The van der Waals surface area contributed by atoms with Crippen LogP contribution in [0.4, 0.5) is 0 Å². The van der Waals surface area contributed by atoms with Crippen molar-refractivity contribution < 1.29 is 28.6 Å². The van der Waals surface area contributed by atoms with Crippen LogP contribution >= 0.6 is 0 Å². The van der Waals surface area contributed by atoms with E-state index in [1.165, 1.54) is 180 Å². The van der Waals surface area contributed by atoms with Gasteiger partial charge in [-0.3, -0.25) is 14.4 Å².